The van der Waals surface area contributed by atoms with Gasteiger partial charge in [0.15, 0.2) is 11.6 Å². The van der Waals surface area contributed by atoms with Crippen LogP contribution in [0.4, 0.5) is 4.39 Å². The lowest BCUT2D eigenvalue weighted by Gasteiger charge is -2.03. The van der Waals surface area contributed by atoms with Gasteiger partial charge in [0.25, 0.3) is 0 Å². The van der Waals surface area contributed by atoms with E-state index >= 15 is 0 Å². The third-order valence-corrected chi connectivity index (χ3v) is 3.81. The number of carbonyl (C=O) groups is 2. The number of halogens is 1. The largest absolute Gasteiger partial charge is 0.295 e. The number of Topliss-reactive ketones (excluding diaryl/α,β-unsaturated/α-hetero) is 2. The first-order valence-corrected chi connectivity index (χ1v) is 7.07. The zero-order valence-corrected chi connectivity index (χ0v) is 11.7. The van der Waals surface area contributed by atoms with Crippen molar-refractivity contribution in [1.29, 1.82) is 0 Å². The second-order valence-electron chi connectivity index (χ2n) is 4.30. The van der Waals surface area contributed by atoms with E-state index in [0.717, 1.165) is 4.90 Å². The Bertz CT molecular complexity index is 618. The van der Waals surface area contributed by atoms with Crippen molar-refractivity contribution < 1.29 is 14.0 Å². The van der Waals surface area contributed by atoms with Crippen LogP contribution in [0.2, 0.25) is 0 Å². The van der Waals surface area contributed by atoms with E-state index in [0.29, 0.717) is 11.1 Å². The molecule has 102 valence electrons. The van der Waals surface area contributed by atoms with Crippen LogP contribution in [-0.2, 0) is 0 Å². The molecule has 2 rings (SSSR count). The highest BCUT2D eigenvalue weighted by atomic mass is 32.2. The monoisotopic (exact) mass is 288 g/mol. The summed E-state index contributed by atoms with van der Waals surface area (Å²) < 4.78 is 12.8. The smallest absolute Gasteiger partial charge is 0.173 e. The number of rotatable bonds is 5. The predicted octanol–water partition coefficient (Wildman–Crippen LogP) is 4.00. The lowest BCUT2D eigenvalue weighted by atomic mass is 10.1. The molecule has 0 aromatic heterocycles. The normalized spacial score (nSPS) is 10.3. The molecule has 2 aromatic rings. The SMILES string of the molecule is CC(=O)c1ccc(SCC(=O)c2ccc(F)cc2)cc1. The van der Waals surface area contributed by atoms with Gasteiger partial charge in [0.2, 0.25) is 0 Å². The molecule has 2 nitrogen and oxygen atoms in total. The maximum Gasteiger partial charge on any atom is 0.173 e. The molecular formula is C16H13FO2S. The molecule has 0 bridgehead atoms. The van der Waals surface area contributed by atoms with Gasteiger partial charge in [0.05, 0.1) is 5.75 Å². The van der Waals surface area contributed by atoms with Crippen LogP contribution < -0.4 is 0 Å². The fourth-order valence-corrected chi connectivity index (χ4v) is 2.45. The molecule has 4 heteroatoms. The second-order valence-corrected chi connectivity index (χ2v) is 5.35. The minimum Gasteiger partial charge on any atom is -0.295 e. The molecule has 0 N–H and O–H groups in total. The molecule has 0 amide bonds. The zero-order valence-electron chi connectivity index (χ0n) is 10.9. The first kappa shape index (κ1) is 14.5. The van der Waals surface area contributed by atoms with Gasteiger partial charge in [-0.25, -0.2) is 4.39 Å². The molecule has 0 saturated carbocycles. The van der Waals surface area contributed by atoms with Crippen molar-refractivity contribution in [2.45, 2.75) is 11.8 Å². The van der Waals surface area contributed by atoms with E-state index < -0.39 is 0 Å². The molecule has 0 aliphatic rings. The Morgan fingerprint density at radius 1 is 0.950 bits per heavy atom. The summed E-state index contributed by atoms with van der Waals surface area (Å²) in [6.45, 7) is 1.51. The van der Waals surface area contributed by atoms with E-state index in [1.807, 2.05) is 12.1 Å². The molecule has 2 aromatic carbocycles. The van der Waals surface area contributed by atoms with Gasteiger partial charge in [-0.15, -0.1) is 11.8 Å². The Balaban J connectivity index is 1.96. The van der Waals surface area contributed by atoms with Crippen molar-refractivity contribution in [2.24, 2.45) is 0 Å². The van der Waals surface area contributed by atoms with Gasteiger partial charge in [0.1, 0.15) is 5.82 Å². The van der Waals surface area contributed by atoms with Gasteiger partial charge < -0.3 is 0 Å². The minimum absolute atomic E-state index is 0.0175. The first-order valence-electron chi connectivity index (χ1n) is 6.09. The van der Waals surface area contributed by atoms with Crippen molar-refractivity contribution in [3.8, 4) is 0 Å². The maximum absolute atomic E-state index is 12.8. The van der Waals surface area contributed by atoms with Gasteiger partial charge in [-0.3, -0.25) is 9.59 Å². The highest BCUT2D eigenvalue weighted by molar-refractivity contribution is 8.00. The molecule has 0 fully saturated rings. The van der Waals surface area contributed by atoms with Crippen LogP contribution in [0.3, 0.4) is 0 Å². The molecule has 0 aliphatic carbocycles. The topological polar surface area (TPSA) is 34.1 Å². The standard InChI is InChI=1S/C16H13FO2S/c1-11(18)12-4-8-15(9-5-12)20-10-16(19)13-2-6-14(17)7-3-13/h2-9H,10H2,1H3. The summed E-state index contributed by atoms with van der Waals surface area (Å²) in [6.07, 6.45) is 0. The average molecular weight is 288 g/mol. The summed E-state index contributed by atoms with van der Waals surface area (Å²) in [7, 11) is 0. The highest BCUT2D eigenvalue weighted by Gasteiger charge is 2.07. The molecule has 0 atom stereocenters. The fourth-order valence-electron chi connectivity index (χ4n) is 1.65. The lowest BCUT2D eigenvalue weighted by molar-refractivity contribution is 0.101. The van der Waals surface area contributed by atoms with Crippen LogP contribution >= 0.6 is 11.8 Å². The van der Waals surface area contributed by atoms with Crippen LogP contribution in [0, 0.1) is 5.82 Å². The number of benzene rings is 2. The molecule has 0 aliphatic heterocycles. The van der Waals surface area contributed by atoms with E-state index in [9.17, 15) is 14.0 Å². The van der Waals surface area contributed by atoms with E-state index in [1.54, 1.807) is 12.1 Å². The average Bonchev–Trinajstić information content (AvgIpc) is 2.46. The Hall–Kier alpha value is -1.94. The molecule has 20 heavy (non-hydrogen) atoms. The summed E-state index contributed by atoms with van der Waals surface area (Å²) in [4.78, 5) is 24.0. The molecule has 0 spiro atoms. The molecule has 0 saturated heterocycles. The highest BCUT2D eigenvalue weighted by Crippen LogP contribution is 2.20. The first-order chi connectivity index (χ1) is 9.56. The number of hydrogen-bond donors (Lipinski definition) is 0. The molecule has 0 unspecified atom stereocenters. The molecule has 0 radical (unpaired) electrons. The van der Waals surface area contributed by atoms with Crippen LogP contribution in [0.5, 0.6) is 0 Å². The van der Waals surface area contributed by atoms with E-state index in [-0.39, 0.29) is 23.1 Å². The maximum atomic E-state index is 12.8. The lowest BCUT2D eigenvalue weighted by Crippen LogP contribution is -2.02. The third kappa shape index (κ3) is 3.78. The van der Waals surface area contributed by atoms with Gasteiger partial charge in [-0.2, -0.15) is 0 Å². The van der Waals surface area contributed by atoms with Gasteiger partial charge >= 0.3 is 0 Å². The van der Waals surface area contributed by atoms with Crippen molar-refractivity contribution in [2.75, 3.05) is 5.75 Å². The molecule has 0 heterocycles. The van der Waals surface area contributed by atoms with E-state index in [2.05, 4.69) is 0 Å². The summed E-state index contributed by atoms with van der Waals surface area (Å²) in [5, 5.41) is 0. The Morgan fingerprint density at radius 3 is 2.05 bits per heavy atom. The Labute approximate surface area is 121 Å². The minimum atomic E-state index is -0.353. The predicted molar refractivity (Wildman–Crippen MR) is 77.9 cm³/mol. The van der Waals surface area contributed by atoms with Crippen molar-refractivity contribution >= 4 is 23.3 Å². The van der Waals surface area contributed by atoms with Crippen molar-refractivity contribution in [3.63, 3.8) is 0 Å². The number of hydrogen-bond acceptors (Lipinski definition) is 3. The quantitative estimate of drug-likeness (QED) is 0.616. The van der Waals surface area contributed by atoms with Crippen LogP contribution in [-0.4, -0.2) is 17.3 Å². The third-order valence-electron chi connectivity index (χ3n) is 2.80. The summed E-state index contributed by atoms with van der Waals surface area (Å²) in [5.41, 5.74) is 1.15. The van der Waals surface area contributed by atoms with Crippen LogP contribution in [0.15, 0.2) is 53.4 Å². The summed E-state index contributed by atoms with van der Waals surface area (Å²) in [5.74, 6) is -0.103. The summed E-state index contributed by atoms with van der Waals surface area (Å²) >= 11 is 1.39. The number of ketones is 2. The van der Waals surface area contributed by atoms with E-state index in [4.69, 9.17) is 0 Å². The second kappa shape index (κ2) is 6.48. The number of thioether (sulfide) groups is 1. The van der Waals surface area contributed by atoms with Gasteiger partial charge in [-0.05, 0) is 43.3 Å². The van der Waals surface area contributed by atoms with E-state index in [1.165, 1.54) is 43.0 Å². The van der Waals surface area contributed by atoms with Crippen molar-refractivity contribution in [1.82, 2.24) is 0 Å². The Morgan fingerprint density at radius 2 is 1.50 bits per heavy atom. The fraction of sp³-hybridized carbons (Fsp3) is 0.125. The van der Waals surface area contributed by atoms with Crippen LogP contribution in [0.1, 0.15) is 27.6 Å². The van der Waals surface area contributed by atoms with Crippen LogP contribution in [0.25, 0.3) is 0 Å². The van der Waals surface area contributed by atoms with Gasteiger partial charge in [0, 0.05) is 16.0 Å². The summed E-state index contributed by atoms with van der Waals surface area (Å²) in [6, 6.07) is 12.6. The molecular weight excluding hydrogens is 275 g/mol. The van der Waals surface area contributed by atoms with Gasteiger partial charge in [-0.1, -0.05) is 12.1 Å². The Kier molecular flexibility index (Phi) is 4.69. The zero-order chi connectivity index (χ0) is 14.5. The number of carbonyl (C=O) groups excluding carboxylic acids is 2. The van der Waals surface area contributed by atoms with Crippen molar-refractivity contribution in [3.05, 3.63) is 65.5 Å².